The van der Waals surface area contributed by atoms with Crippen LogP contribution in [0.3, 0.4) is 0 Å². The van der Waals surface area contributed by atoms with Crippen molar-refractivity contribution < 1.29 is 9.47 Å². The summed E-state index contributed by atoms with van der Waals surface area (Å²) in [4.78, 5) is 5.22. The van der Waals surface area contributed by atoms with Gasteiger partial charge in [-0.15, -0.1) is 45.3 Å². The summed E-state index contributed by atoms with van der Waals surface area (Å²) < 4.78 is 16.2. The maximum Gasteiger partial charge on any atom is 0.146 e. The molecule has 6 heteroatoms. The molecule has 0 fully saturated rings. The summed E-state index contributed by atoms with van der Waals surface area (Å²) in [5.74, 6) is 3.27. The molecule has 214 valence electrons. The van der Waals surface area contributed by atoms with E-state index >= 15 is 0 Å². The van der Waals surface area contributed by atoms with Crippen LogP contribution in [0, 0.1) is 11.8 Å². The molecule has 0 aliphatic carbocycles. The second-order valence-electron chi connectivity index (χ2n) is 10.8. The minimum absolute atomic E-state index is 0.581. The van der Waals surface area contributed by atoms with Crippen LogP contribution in [0.15, 0.2) is 47.2 Å². The number of rotatable bonds is 16. The molecule has 2 nitrogen and oxygen atoms in total. The second kappa shape index (κ2) is 14.4. The Kier molecular flexibility index (Phi) is 10.6. The molecule has 0 aliphatic heterocycles. The zero-order valence-corrected chi connectivity index (χ0v) is 27.6. The fraction of sp³-hybridized carbons (Fsp3) is 0.471. The fourth-order valence-electron chi connectivity index (χ4n) is 5.27. The lowest BCUT2D eigenvalue weighted by molar-refractivity contribution is 0.235. The summed E-state index contributed by atoms with van der Waals surface area (Å²) in [6.45, 7) is 10.7. The van der Waals surface area contributed by atoms with E-state index in [4.69, 9.17) is 9.47 Å². The molecular formula is C34H42O2S4. The quantitative estimate of drug-likeness (QED) is 0.111. The molecule has 0 bridgehead atoms. The van der Waals surface area contributed by atoms with Crippen molar-refractivity contribution in [1.82, 2.24) is 0 Å². The summed E-state index contributed by atoms with van der Waals surface area (Å²) in [7, 11) is 0. The largest absolute Gasteiger partial charge is 0.491 e. The molecule has 4 aromatic heterocycles. The lowest BCUT2D eigenvalue weighted by atomic mass is 10.0. The van der Waals surface area contributed by atoms with Gasteiger partial charge in [-0.1, -0.05) is 78.4 Å². The fourth-order valence-corrected chi connectivity index (χ4v) is 9.25. The number of unbranched alkanes of at least 4 members (excludes halogenated alkanes) is 2. The lowest BCUT2D eigenvalue weighted by Gasteiger charge is -2.19. The molecule has 2 unspecified atom stereocenters. The van der Waals surface area contributed by atoms with E-state index in [0.717, 1.165) is 37.6 Å². The van der Waals surface area contributed by atoms with Crippen molar-refractivity contribution >= 4 is 65.5 Å². The van der Waals surface area contributed by atoms with E-state index in [2.05, 4.69) is 74.9 Å². The van der Waals surface area contributed by atoms with Gasteiger partial charge >= 0.3 is 0 Å². The van der Waals surface area contributed by atoms with Crippen molar-refractivity contribution in [3.63, 3.8) is 0 Å². The molecule has 5 rings (SSSR count). The molecule has 4 heterocycles. The Morgan fingerprint density at radius 1 is 0.625 bits per heavy atom. The van der Waals surface area contributed by atoms with Crippen LogP contribution >= 0.6 is 45.3 Å². The average Bonchev–Trinajstić information content (AvgIpc) is 3.79. The van der Waals surface area contributed by atoms with E-state index < -0.39 is 0 Å². The maximum atomic E-state index is 6.87. The highest BCUT2D eigenvalue weighted by atomic mass is 32.1. The first-order chi connectivity index (χ1) is 19.7. The highest BCUT2D eigenvalue weighted by Gasteiger charge is 2.24. The molecule has 0 N–H and O–H groups in total. The lowest BCUT2D eigenvalue weighted by Crippen LogP contribution is -2.12. The van der Waals surface area contributed by atoms with Gasteiger partial charge in [0.15, 0.2) is 0 Å². The number of ether oxygens (including phenoxy) is 2. The number of thiophene rings is 4. The molecule has 0 aliphatic rings. The normalized spacial score (nSPS) is 13.3. The topological polar surface area (TPSA) is 18.5 Å². The second-order valence-corrected chi connectivity index (χ2v) is 14.8. The Hall–Kier alpha value is -1.86. The minimum atomic E-state index is 0.581. The van der Waals surface area contributed by atoms with E-state index in [-0.39, 0.29) is 0 Å². The van der Waals surface area contributed by atoms with E-state index in [1.165, 1.54) is 78.2 Å². The SMILES string of the molecule is CCCCC(CC)COc1c2cc(-c3cccs3)sc2c(OCC(CC)CCCC)c2cc(-c3cccs3)sc12. The third-order valence-electron chi connectivity index (χ3n) is 7.91. The summed E-state index contributed by atoms with van der Waals surface area (Å²) >= 11 is 7.33. The first-order valence-corrected chi connectivity index (χ1v) is 18.4. The van der Waals surface area contributed by atoms with Gasteiger partial charge in [0, 0.05) is 30.3 Å². The highest BCUT2D eigenvalue weighted by Crippen LogP contribution is 2.53. The zero-order valence-electron chi connectivity index (χ0n) is 24.3. The van der Waals surface area contributed by atoms with Gasteiger partial charge < -0.3 is 9.47 Å². The van der Waals surface area contributed by atoms with Gasteiger partial charge in [0.1, 0.15) is 11.5 Å². The van der Waals surface area contributed by atoms with Crippen LogP contribution in [0.25, 0.3) is 39.7 Å². The molecule has 0 amide bonds. The highest BCUT2D eigenvalue weighted by molar-refractivity contribution is 7.27. The van der Waals surface area contributed by atoms with Crippen LogP contribution < -0.4 is 9.47 Å². The smallest absolute Gasteiger partial charge is 0.146 e. The van der Waals surface area contributed by atoms with Gasteiger partial charge in [-0.2, -0.15) is 0 Å². The van der Waals surface area contributed by atoms with E-state index in [9.17, 15) is 0 Å². The molecule has 5 aromatic rings. The molecule has 2 atom stereocenters. The first-order valence-electron chi connectivity index (χ1n) is 15.0. The number of benzene rings is 1. The molecule has 0 spiro atoms. The van der Waals surface area contributed by atoms with Crippen molar-refractivity contribution in [3.8, 4) is 31.0 Å². The van der Waals surface area contributed by atoms with Crippen LogP contribution in [0.5, 0.6) is 11.5 Å². The molecule has 40 heavy (non-hydrogen) atoms. The zero-order chi connectivity index (χ0) is 27.9. The van der Waals surface area contributed by atoms with E-state index in [1.54, 1.807) is 22.7 Å². The van der Waals surface area contributed by atoms with Gasteiger partial charge in [0.2, 0.25) is 0 Å². The summed E-state index contributed by atoms with van der Waals surface area (Å²) in [5.41, 5.74) is 0. The summed E-state index contributed by atoms with van der Waals surface area (Å²) in [5, 5.41) is 6.75. The van der Waals surface area contributed by atoms with Crippen LogP contribution in [0.4, 0.5) is 0 Å². The Morgan fingerprint density at radius 3 is 1.43 bits per heavy atom. The first kappa shape index (κ1) is 29.6. The van der Waals surface area contributed by atoms with Crippen molar-refractivity contribution in [2.24, 2.45) is 11.8 Å². The van der Waals surface area contributed by atoms with Gasteiger partial charge in [-0.25, -0.2) is 0 Å². The van der Waals surface area contributed by atoms with Crippen LogP contribution in [0.2, 0.25) is 0 Å². The summed E-state index contributed by atoms with van der Waals surface area (Å²) in [6, 6.07) is 13.5. The molecule has 0 saturated heterocycles. The van der Waals surface area contributed by atoms with Gasteiger partial charge in [-0.3, -0.25) is 0 Å². The Balaban J connectivity index is 1.63. The molecule has 0 radical (unpaired) electrons. The van der Waals surface area contributed by atoms with E-state index in [0.29, 0.717) is 11.8 Å². The maximum absolute atomic E-state index is 6.87. The van der Waals surface area contributed by atoms with Crippen molar-refractivity contribution in [3.05, 3.63) is 47.2 Å². The number of hydrogen-bond acceptors (Lipinski definition) is 6. The number of hydrogen-bond donors (Lipinski definition) is 0. The minimum Gasteiger partial charge on any atom is -0.491 e. The van der Waals surface area contributed by atoms with Crippen LogP contribution in [-0.4, -0.2) is 13.2 Å². The Labute approximate surface area is 256 Å². The molecule has 1 aromatic carbocycles. The molecular weight excluding hydrogens is 569 g/mol. The van der Waals surface area contributed by atoms with Gasteiger partial charge in [0.05, 0.1) is 22.6 Å². The van der Waals surface area contributed by atoms with Crippen LogP contribution in [0.1, 0.15) is 79.1 Å². The third kappa shape index (κ3) is 6.61. The Bertz CT molecular complexity index is 1290. The van der Waals surface area contributed by atoms with Crippen LogP contribution in [-0.2, 0) is 0 Å². The molecule has 0 saturated carbocycles. The third-order valence-corrected chi connectivity index (χ3v) is 12.3. The monoisotopic (exact) mass is 610 g/mol. The van der Waals surface area contributed by atoms with Crippen molar-refractivity contribution in [2.75, 3.05) is 13.2 Å². The van der Waals surface area contributed by atoms with Crippen molar-refractivity contribution in [1.29, 1.82) is 0 Å². The number of fused-ring (bicyclic) bond motifs is 2. The average molecular weight is 611 g/mol. The van der Waals surface area contributed by atoms with Crippen molar-refractivity contribution in [2.45, 2.75) is 79.1 Å². The predicted octanol–water partition coefficient (Wildman–Crippen LogP) is 12.8. The van der Waals surface area contributed by atoms with E-state index in [1.807, 2.05) is 22.7 Å². The Morgan fingerprint density at radius 2 is 1.07 bits per heavy atom. The van der Waals surface area contributed by atoms with Gasteiger partial charge in [-0.05, 0) is 59.7 Å². The summed E-state index contributed by atoms with van der Waals surface area (Å²) in [6.07, 6.45) is 9.75. The predicted molar refractivity (Wildman–Crippen MR) is 181 cm³/mol. The standard InChI is InChI=1S/C34H42O2S4/c1-5-9-13-23(7-3)21-35-31-25-19-29(27-15-11-17-37-27)40-34(25)32(36-22-24(8-4)14-10-6-2)26-20-30(39-33(26)31)28-16-12-18-38-28/h11-12,15-20,23-24H,5-10,13-14,21-22H2,1-4H3. The van der Waals surface area contributed by atoms with Gasteiger partial charge in [0.25, 0.3) is 0 Å².